The van der Waals surface area contributed by atoms with Crippen molar-refractivity contribution >= 4 is 20.6 Å². The van der Waals surface area contributed by atoms with Crippen molar-refractivity contribution in [1.29, 1.82) is 5.26 Å². The molecule has 6 heteroatoms. The summed E-state index contributed by atoms with van der Waals surface area (Å²) in [5.74, 6) is 0. The molecule has 0 saturated carbocycles. The maximum Gasteiger partial charge on any atom is 0.271 e. The summed E-state index contributed by atoms with van der Waals surface area (Å²) in [5.41, 5.74) is 0.288. The molecule has 0 saturated heterocycles. The van der Waals surface area contributed by atoms with Gasteiger partial charge in [0.25, 0.3) is 8.53 Å². The van der Waals surface area contributed by atoms with Crippen LogP contribution in [0.2, 0.25) is 0 Å². The van der Waals surface area contributed by atoms with Crippen LogP contribution in [0.15, 0.2) is 0 Å². The van der Waals surface area contributed by atoms with Crippen LogP contribution in [0.25, 0.3) is 0 Å². The molecule has 0 aromatic carbocycles. The smallest absolute Gasteiger partial charge is 0.271 e. The molecule has 2 unspecified atom stereocenters. The second-order valence-electron chi connectivity index (χ2n) is 7.29. The lowest BCUT2D eigenvalue weighted by molar-refractivity contribution is 0.225. The van der Waals surface area contributed by atoms with Gasteiger partial charge in [-0.05, 0) is 39.5 Å². The fourth-order valence-electron chi connectivity index (χ4n) is 2.28. The topological polar surface area (TPSA) is 45.5 Å². The van der Waals surface area contributed by atoms with E-state index in [1.807, 2.05) is 0 Å². The van der Waals surface area contributed by atoms with Gasteiger partial charge in [0.1, 0.15) is 0 Å². The average molecular weight is 348 g/mol. The van der Waals surface area contributed by atoms with E-state index >= 15 is 0 Å². The van der Waals surface area contributed by atoms with Gasteiger partial charge in [0, 0.05) is 29.4 Å². The van der Waals surface area contributed by atoms with E-state index < -0.39 is 8.53 Å². The zero-order valence-electron chi connectivity index (χ0n) is 15.4. The summed E-state index contributed by atoms with van der Waals surface area (Å²) >= 11 is 1.51. The molecule has 2 atom stereocenters. The summed E-state index contributed by atoms with van der Waals surface area (Å²) in [5, 5.41) is 9.11. The van der Waals surface area contributed by atoms with E-state index in [1.165, 1.54) is 12.0 Å². The van der Waals surface area contributed by atoms with Gasteiger partial charge in [0.05, 0.1) is 19.1 Å². The quantitative estimate of drug-likeness (QED) is 0.286. The number of rotatable bonds is 10. The Balaban J connectivity index is 4.68. The van der Waals surface area contributed by atoms with Crippen LogP contribution in [0.5, 0.6) is 0 Å². The third-order valence-corrected chi connectivity index (χ3v) is 5.89. The standard InChI is InChI=1S/C16H33N2O2PS/c1-13(2)18(14(3)4)21(19-11-9-10-17)20-22-15(5)12-16(6,7)8/h13-15H,9,11-12H2,1-8H3. The lowest BCUT2D eigenvalue weighted by Gasteiger charge is -2.35. The molecule has 0 aliphatic rings. The number of hydrogen-bond donors (Lipinski definition) is 0. The summed E-state index contributed by atoms with van der Waals surface area (Å²) < 4.78 is 14.2. The van der Waals surface area contributed by atoms with E-state index in [2.05, 4.69) is 66.1 Å². The third-order valence-electron chi connectivity index (χ3n) is 2.83. The third kappa shape index (κ3) is 10.0. The molecular weight excluding hydrogens is 315 g/mol. The van der Waals surface area contributed by atoms with Crippen molar-refractivity contribution in [3.63, 3.8) is 0 Å². The highest BCUT2D eigenvalue weighted by atomic mass is 32.2. The lowest BCUT2D eigenvalue weighted by atomic mass is 9.91. The molecule has 0 spiro atoms. The van der Waals surface area contributed by atoms with Gasteiger partial charge in [-0.1, -0.05) is 27.7 Å². The first-order chi connectivity index (χ1) is 10.1. The van der Waals surface area contributed by atoms with Crippen LogP contribution in [0, 0.1) is 16.7 Å². The fourth-order valence-corrected chi connectivity index (χ4v) is 5.34. The number of nitrogens with zero attached hydrogens (tertiary/aromatic N) is 2. The van der Waals surface area contributed by atoms with Crippen LogP contribution in [0.4, 0.5) is 0 Å². The first-order valence-electron chi connectivity index (χ1n) is 8.00. The minimum Gasteiger partial charge on any atom is -0.320 e. The van der Waals surface area contributed by atoms with Crippen LogP contribution >= 0.6 is 20.6 Å². The molecule has 0 fully saturated rings. The second kappa shape index (κ2) is 10.8. The zero-order valence-corrected chi connectivity index (χ0v) is 17.1. The highest BCUT2D eigenvalue weighted by Gasteiger charge is 2.28. The van der Waals surface area contributed by atoms with Gasteiger partial charge in [-0.3, -0.25) is 3.97 Å². The molecule has 0 rings (SSSR count). The van der Waals surface area contributed by atoms with Gasteiger partial charge in [0.2, 0.25) is 0 Å². The van der Waals surface area contributed by atoms with E-state index in [9.17, 15) is 0 Å². The van der Waals surface area contributed by atoms with Crippen LogP contribution in [-0.2, 0) is 8.49 Å². The minimum atomic E-state index is -1.14. The Bertz CT molecular complexity index is 332. The highest BCUT2D eigenvalue weighted by Crippen LogP contribution is 2.50. The maximum atomic E-state index is 8.70. The Morgan fingerprint density at radius 1 is 1.14 bits per heavy atom. The van der Waals surface area contributed by atoms with E-state index in [0.717, 1.165) is 6.42 Å². The normalized spacial score (nSPS) is 15.4. The summed E-state index contributed by atoms with van der Waals surface area (Å²) in [7, 11) is -1.14. The van der Waals surface area contributed by atoms with Gasteiger partial charge >= 0.3 is 0 Å². The van der Waals surface area contributed by atoms with E-state index in [4.69, 9.17) is 13.8 Å². The SMILES string of the molecule is CC(CC(C)(C)C)SOP(OCCC#N)N(C(C)C)C(C)C. The van der Waals surface area contributed by atoms with Crippen LogP contribution in [0.3, 0.4) is 0 Å². The van der Waals surface area contributed by atoms with Crippen molar-refractivity contribution in [2.75, 3.05) is 6.61 Å². The van der Waals surface area contributed by atoms with Crippen molar-refractivity contribution in [3.8, 4) is 6.07 Å². The molecule has 0 amide bonds. The first-order valence-corrected chi connectivity index (χ1v) is 9.93. The monoisotopic (exact) mass is 348 g/mol. The van der Waals surface area contributed by atoms with Gasteiger partial charge in [-0.2, -0.15) is 5.26 Å². The first kappa shape index (κ1) is 22.1. The van der Waals surface area contributed by atoms with Gasteiger partial charge in [-0.25, -0.2) is 4.67 Å². The van der Waals surface area contributed by atoms with Crippen molar-refractivity contribution < 1.29 is 8.49 Å². The average Bonchev–Trinajstić information content (AvgIpc) is 2.32. The van der Waals surface area contributed by atoms with E-state index in [0.29, 0.717) is 30.4 Å². The van der Waals surface area contributed by atoms with Crippen LogP contribution in [-0.4, -0.2) is 28.6 Å². The Hall–Kier alpha value is 0.150. The number of nitriles is 1. The summed E-state index contributed by atoms with van der Waals surface area (Å²) in [6.45, 7) is 17.9. The second-order valence-corrected chi connectivity index (χ2v) is 10.1. The minimum absolute atomic E-state index is 0.288. The van der Waals surface area contributed by atoms with Gasteiger partial charge in [0.15, 0.2) is 0 Å². The molecule has 0 bridgehead atoms. The van der Waals surface area contributed by atoms with Crippen LogP contribution < -0.4 is 0 Å². The fraction of sp³-hybridized carbons (Fsp3) is 0.938. The van der Waals surface area contributed by atoms with Gasteiger partial charge < -0.3 is 4.52 Å². The predicted octanol–water partition coefficient (Wildman–Crippen LogP) is 5.75. The Kier molecular flexibility index (Phi) is 10.9. The largest absolute Gasteiger partial charge is 0.320 e. The molecule has 0 aromatic rings. The summed E-state index contributed by atoms with van der Waals surface area (Å²) in [4.78, 5) is 0. The van der Waals surface area contributed by atoms with Crippen LogP contribution in [0.1, 0.15) is 68.2 Å². The predicted molar refractivity (Wildman–Crippen MR) is 97.4 cm³/mol. The molecule has 0 N–H and O–H groups in total. The Morgan fingerprint density at radius 2 is 1.68 bits per heavy atom. The molecule has 0 heterocycles. The molecule has 130 valence electrons. The molecule has 0 aromatic heterocycles. The molecule has 22 heavy (non-hydrogen) atoms. The molecular formula is C16H33N2O2PS. The van der Waals surface area contributed by atoms with Crippen molar-refractivity contribution in [2.45, 2.75) is 85.6 Å². The summed E-state index contributed by atoms with van der Waals surface area (Å²) in [6.07, 6.45) is 1.48. The Labute approximate surface area is 143 Å². The molecule has 4 nitrogen and oxygen atoms in total. The van der Waals surface area contributed by atoms with E-state index in [1.54, 1.807) is 0 Å². The van der Waals surface area contributed by atoms with Crippen molar-refractivity contribution in [3.05, 3.63) is 0 Å². The zero-order chi connectivity index (χ0) is 17.3. The van der Waals surface area contributed by atoms with Crippen molar-refractivity contribution in [1.82, 2.24) is 4.67 Å². The van der Waals surface area contributed by atoms with Gasteiger partial charge in [-0.15, -0.1) is 0 Å². The number of hydrogen-bond acceptors (Lipinski definition) is 5. The lowest BCUT2D eigenvalue weighted by Crippen LogP contribution is -2.33. The molecule has 0 aliphatic carbocycles. The highest BCUT2D eigenvalue weighted by molar-refractivity contribution is 7.98. The maximum absolute atomic E-state index is 8.70. The molecule has 0 radical (unpaired) electrons. The summed E-state index contributed by atoms with van der Waals surface area (Å²) in [6, 6.07) is 2.80. The molecule has 0 aliphatic heterocycles. The van der Waals surface area contributed by atoms with Crippen molar-refractivity contribution in [2.24, 2.45) is 5.41 Å². The van der Waals surface area contributed by atoms with E-state index in [-0.39, 0.29) is 5.41 Å². The Morgan fingerprint density at radius 3 is 2.09 bits per heavy atom.